The van der Waals surface area contributed by atoms with Crippen molar-refractivity contribution < 1.29 is 14.6 Å². The number of carboxylic acids is 1. The predicted octanol–water partition coefficient (Wildman–Crippen LogP) is 1.81. The molecule has 0 aliphatic heterocycles. The van der Waals surface area contributed by atoms with Gasteiger partial charge in [-0.15, -0.1) is 0 Å². The second-order valence-electron chi connectivity index (χ2n) is 4.48. The van der Waals surface area contributed by atoms with Crippen LogP contribution in [0.25, 0.3) is 0 Å². The number of carbonyl (C=O) groups is 1. The van der Waals surface area contributed by atoms with Crippen LogP contribution in [0.5, 0.6) is 5.75 Å². The molecule has 1 unspecified atom stereocenters. The molecule has 0 bridgehead atoms. The Hall–Kier alpha value is -1.55. The normalized spacial score (nSPS) is 14.1. The van der Waals surface area contributed by atoms with Gasteiger partial charge in [0.1, 0.15) is 5.75 Å². The molecule has 0 saturated carbocycles. The summed E-state index contributed by atoms with van der Waals surface area (Å²) in [6, 6.07) is 7.65. The van der Waals surface area contributed by atoms with Crippen LogP contribution >= 0.6 is 0 Å². The molecule has 4 heteroatoms. The predicted molar refractivity (Wildman–Crippen MR) is 66.1 cm³/mol. The van der Waals surface area contributed by atoms with Gasteiger partial charge in [0.05, 0.1) is 12.0 Å². The number of hydrogen-bond acceptors (Lipinski definition) is 3. The minimum atomic E-state index is -0.912. The molecule has 0 heterocycles. The van der Waals surface area contributed by atoms with Crippen LogP contribution in [0.15, 0.2) is 24.3 Å². The molecule has 0 saturated heterocycles. The summed E-state index contributed by atoms with van der Waals surface area (Å²) in [7, 11) is 0. The van der Waals surface area contributed by atoms with Crippen molar-refractivity contribution in [1.29, 1.82) is 0 Å². The topological polar surface area (TPSA) is 72.5 Å². The van der Waals surface area contributed by atoms with Crippen molar-refractivity contribution in [2.45, 2.75) is 20.3 Å². The van der Waals surface area contributed by atoms with Crippen LogP contribution in [0, 0.1) is 12.3 Å². The molecule has 0 radical (unpaired) electrons. The Morgan fingerprint density at radius 1 is 1.41 bits per heavy atom. The lowest BCUT2D eigenvalue weighted by Gasteiger charge is -2.22. The molecular formula is C13H19NO3. The fourth-order valence-electron chi connectivity index (χ4n) is 1.32. The maximum atomic E-state index is 11.0. The summed E-state index contributed by atoms with van der Waals surface area (Å²) < 4.78 is 5.49. The Bertz CT molecular complexity index is 375. The zero-order chi connectivity index (χ0) is 12.9. The molecule has 0 aromatic heterocycles. The van der Waals surface area contributed by atoms with Gasteiger partial charge < -0.3 is 15.6 Å². The van der Waals surface area contributed by atoms with E-state index in [0.717, 1.165) is 11.3 Å². The van der Waals surface area contributed by atoms with Crippen LogP contribution < -0.4 is 10.5 Å². The summed E-state index contributed by atoms with van der Waals surface area (Å²) in [5.74, 6) is -0.132. The van der Waals surface area contributed by atoms with E-state index in [0.29, 0.717) is 13.0 Å². The van der Waals surface area contributed by atoms with Crippen LogP contribution in [-0.4, -0.2) is 24.2 Å². The maximum absolute atomic E-state index is 11.0. The number of carboxylic acid groups (broad SMARTS) is 1. The Labute approximate surface area is 101 Å². The Balaban J connectivity index is 2.47. The summed E-state index contributed by atoms with van der Waals surface area (Å²) in [6.07, 6.45) is 0.396. The smallest absolute Gasteiger partial charge is 0.310 e. The third-order valence-electron chi connectivity index (χ3n) is 2.91. The molecule has 1 aromatic rings. The van der Waals surface area contributed by atoms with Crippen LogP contribution in [0.3, 0.4) is 0 Å². The number of nitrogens with two attached hydrogens (primary N) is 1. The number of aliphatic carboxylic acids is 1. The highest BCUT2D eigenvalue weighted by Crippen LogP contribution is 2.21. The molecule has 0 spiro atoms. The summed E-state index contributed by atoms with van der Waals surface area (Å²) in [4.78, 5) is 11.0. The van der Waals surface area contributed by atoms with Gasteiger partial charge in [0.2, 0.25) is 0 Å². The third kappa shape index (κ3) is 3.75. The van der Waals surface area contributed by atoms with Crippen LogP contribution in [0.4, 0.5) is 0 Å². The number of aryl methyl sites for hydroxylation is 1. The van der Waals surface area contributed by atoms with Crippen molar-refractivity contribution in [2.75, 3.05) is 13.2 Å². The monoisotopic (exact) mass is 237 g/mol. The van der Waals surface area contributed by atoms with E-state index in [-0.39, 0.29) is 6.54 Å². The lowest BCUT2D eigenvalue weighted by atomic mass is 9.87. The largest absolute Gasteiger partial charge is 0.494 e. The molecule has 4 nitrogen and oxygen atoms in total. The average Bonchev–Trinajstić information content (AvgIpc) is 2.31. The fourth-order valence-corrected chi connectivity index (χ4v) is 1.32. The minimum absolute atomic E-state index is 0.111. The second kappa shape index (κ2) is 5.68. The van der Waals surface area contributed by atoms with E-state index in [2.05, 4.69) is 0 Å². The van der Waals surface area contributed by atoms with Gasteiger partial charge in [0, 0.05) is 6.54 Å². The van der Waals surface area contributed by atoms with Crippen molar-refractivity contribution in [1.82, 2.24) is 0 Å². The van der Waals surface area contributed by atoms with Gasteiger partial charge in [0.15, 0.2) is 0 Å². The first kappa shape index (κ1) is 13.5. The van der Waals surface area contributed by atoms with E-state index in [1.54, 1.807) is 6.92 Å². The number of benzene rings is 1. The van der Waals surface area contributed by atoms with Crippen LogP contribution in [-0.2, 0) is 4.79 Å². The molecule has 3 N–H and O–H groups in total. The molecule has 1 rings (SSSR count). The quantitative estimate of drug-likeness (QED) is 0.791. The summed E-state index contributed by atoms with van der Waals surface area (Å²) in [5.41, 5.74) is 5.72. The van der Waals surface area contributed by atoms with Crippen molar-refractivity contribution in [3.63, 3.8) is 0 Å². The standard InChI is InChI=1S/C13H19NO3/c1-10-3-5-11(6-4-10)17-8-7-13(2,9-14)12(15)16/h3-6H,7-9,14H2,1-2H3,(H,15,16). The van der Waals surface area contributed by atoms with Crippen molar-refractivity contribution in [3.05, 3.63) is 29.8 Å². The summed E-state index contributed by atoms with van der Waals surface area (Å²) in [5, 5.41) is 9.03. The molecule has 94 valence electrons. The van der Waals surface area contributed by atoms with Gasteiger partial charge in [0.25, 0.3) is 0 Å². The van der Waals surface area contributed by atoms with Crippen molar-refractivity contribution in [2.24, 2.45) is 11.1 Å². The van der Waals surface area contributed by atoms with E-state index in [4.69, 9.17) is 15.6 Å². The number of hydrogen-bond donors (Lipinski definition) is 2. The first-order valence-corrected chi connectivity index (χ1v) is 5.61. The molecule has 0 aliphatic rings. The van der Waals surface area contributed by atoms with Gasteiger partial charge in [-0.1, -0.05) is 17.7 Å². The maximum Gasteiger partial charge on any atom is 0.310 e. The van der Waals surface area contributed by atoms with E-state index in [9.17, 15) is 4.79 Å². The Kier molecular flexibility index (Phi) is 4.52. The first-order valence-electron chi connectivity index (χ1n) is 5.61. The SMILES string of the molecule is Cc1ccc(OCCC(C)(CN)C(=O)O)cc1. The fraction of sp³-hybridized carbons (Fsp3) is 0.462. The highest BCUT2D eigenvalue weighted by molar-refractivity contribution is 5.74. The second-order valence-corrected chi connectivity index (χ2v) is 4.48. The molecule has 0 fully saturated rings. The highest BCUT2D eigenvalue weighted by Gasteiger charge is 2.31. The lowest BCUT2D eigenvalue weighted by Crippen LogP contribution is -2.37. The van der Waals surface area contributed by atoms with Crippen molar-refractivity contribution in [3.8, 4) is 5.75 Å². The molecule has 17 heavy (non-hydrogen) atoms. The van der Waals surface area contributed by atoms with Gasteiger partial charge >= 0.3 is 5.97 Å². The number of ether oxygens (including phenoxy) is 1. The van der Waals surface area contributed by atoms with Crippen LogP contribution in [0.2, 0.25) is 0 Å². The van der Waals surface area contributed by atoms with E-state index in [1.165, 1.54) is 0 Å². The van der Waals surface area contributed by atoms with E-state index < -0.39 is 11.4 Å². The van der Waals surface area contributed by atoms with E-state index in [1.807, 2.05) is 31.2 Å². The van der Waals surface area contributed by atoms with Gasteiger partial charge in [-0.05, 0) is 32.4 Å². The number of rotatable bonds is 6. The van der Waals surface area contributed by atoms with Crippen LogP contribution in [0.1, 0.15) is 18.9 Å². The molecule has 0 aliphatic carbocycles. The van der Waals surface area contributed by atoms with E-state index >= 15 is 0 Å². The van der Waals surface area contributed by atoms with Gasteiger partial charge in [-0.3, -0.25) is 4.79 Å². The average molecular weight is 237 g/mol. The van der Waals surface area contributed by atoms with Crippen molar-refractivity contribution >= 4 is 5.97 Å². The van der Waals surface area contributed by atoms with Gasteiger partial charge in [-0.2, -0.15) is 0 Å². The molecule has 1 aromatic carbocycles. The minimum Gasteiger partial charge on any atom is -0.494 e. The molecular weight excluding hydrogens is 218 g/mol. The molecule has 0 amide bonds. The Morgan fingerprint density at radius 2 is 2.00 bits per heavy atom. The lowest BCUT2D eigenvalue weighted by molar-refractivity contribution is -0.148. The third-order valence-corrected chi connectivity index (χ3v) is 2.91. The zero-order valence-electron chi connectivity index (χ0n) is 10.3. The summed E-state index contributed by atoms with van der Waals surface area (Å²) >= 11 is 0. The zero-order valence-corrected chi connectivity index (χ0v) is 10.3. The highest BCUT2D eigenvalue weighted by atomic mass is 16.5. The molecule has 1 atom stereocenters. The van der Waals surface area contributed by atoms with Gasteiger partial charge in [-0.25, -0.2) is 0 Å². The first-order chi connectivity index (χ1) is 7.98. The summed E-state index contributed by atoms with van der Waals surface area (Å²) in [6.45, 7) is 4.09. The Morgan fingerprint density at radius 3 is 2.47 bits per heavy atom.